The van der Waals surface area contributed by atoms with Crippen LogP contribution < -0.4 is 5.32 Å². The summed E-state index contributed by atoms with van der Waals surface area (Å²) in [6.07, 6.45) is 0.672. The molecule has 0 fully saturated rings. The molecule has 0 aromatic heterocycles. The van der Waals surface area contributed by atoms with Crippen molar-refractivity contribution in [2.45, 2.75) is 18.9 Å². The molecule has 0 rings (SSSR count). The van der Waals surface area contributed by atoms with Crippen LogP contribution in [0.15, 0.2) is 0 Å². The molecule has 0 bridgehead atoms. The quantitative estimate of drug-likeness (QED) is 0.503. The van der Waals surface area contributed by atoms with E-state index in [2.05, 4.69) is 5.32 Å². The Morgan fingerprint density at radius 2 is 2.12 bits per heavy atom. The molecule has 0 aliphatic rings. The van der Waals surface area contributed by atoms with Gasteiger partial charge in [-0.15, -0.1) is 0 Å². The molecular weight excluding hydrogens is 228 g/mol. The first-order valence-electron chi connectivity index (χ1n) is 5.37. The smallest absolute Gasteiger partial charge is 0.326 e. The molecule has 3 N–H and O–H groups in total. The molecule has 2 amide bonds. The predicted octanol–water partition coefficient (Wildman–Crippen LogP) is -0.500. The van der Waals surface area contributed by atoms with Gasteiger partial charge in [0, 0.05) is 40.3 Å². The number of carbonyl (C=O) groups is 2. The maximum atomic E-state index is 11.6. The molecule has 0 spiro atoms. The Hall–Kier alpha value is -1.34. The van der Waals surface area contributed by atoms with Gasteiger partial charge in [0.1, 0.15) is 6.04 Å². The standard InChI is InChI=1S/C10H20N2O5/c1-12(5-3-7-17-2)10(16)11-8(4-6-13)9(14)15/h8,13H,3-7H2,1-2H3,(H,11,16)(H,14,15). The fourth-order valence-electron chi connectivity index (χ4n) is 1.19. The molecule has 0 saturated carbocycles. The zero-order valence-corrected chi connectivity index (χ0v) is 10.2. The fraction of sp³-hybridized carbons (Fsp3) is 0.800. The Labute approximate surface area is 100 Å². The maximum Gasteiger partial charge on any atom is 0.326 e. The molecule has 0 aliphatic carbocycles. The molecule has 0 heterocycles. The zero-order valence-electron chi connectivity index (χ0n) is 10.2. The van der Waals surface area contributed by atoms with Gasteiger partial charge in [0.15, 0.2) is 0 Å². The second-order valence-corrected chi connectivity index (χ2v) is 3.62. The highest BCUT2D eigenvalue weighted by atomic mass is 16.5. The molecule has 1 atom stereocenters. The lowest BCUT2D eigenvalue weighted by Gasteiger charge is -2.20. The van der Waals surface area contributed by atoms with Gasteiger partial charge in [0.25, 0.3) is 0 Å². The Morgan fingerprint density at radius 3 is 2.59 bits per heavy atom. The molecule has 0 saturated heterocycles. The monoisotopic (exact) mass is 248 g/mol. The van der Waals surface area contributed by atoms with Gasteiger partial charge in [-0.3, -0.25) is 0 Å². The van der Waals surface area contributed by atoms with Crippen LogP contribution in [0.4, 0.5) is 4.79 Å². The van der Waals surface area contributed by atoms with E-state index >= 15 is 0 Å². The number of hydrogen-bond donors (Lipinski definition) is 3. The molecule has 1 unspecified atom stereocenters. The Kier molecular flexibility index (Phi) is 8.08. The number of amides is 2. The molecule has 0 aromatic rings. The number of nitrogens with one attached hydrogen (secondary N) is 1. The highest BCUT2D eigenvalue weighted by molar-refractivity contribution is 5.82. The first kappa shape index (κ1) is 15.7. The van der Waals surface area contributed by atoms with Crippen molar-refractivity contribution in [3.8, 4) is 0 Å². The van der Waals surface area contributed by atoms with Crippen molar-refractivity contribution in [2.75, 3.05) is 33.9 Å². The molecule has 7 nitrogen and oxygen atoms in total. The van der Waals surface area contributed by atoms with Crippen LogP contribution in [-0.4, -0.2) is 67.1 Å². The number of nitrogens with zero attached hydrogens (tertiary/aromatic N) is 1. The number of rotatable bonds is 8. The normalized spacial score (nSPS) is 11.9. The molecule has 17 heavy (non-hydrogen) atoms. The van der Waals surface area contributed by atoms with Crippen LogP contribution in [0.1, 0.15) is 12.8 Å². The van der Waals surface area contributed by atoms with E-state index in [1.165, 1.54) is 4.90 Å². The van der Waals surface area contributed by atoms with Gasteiger partial charge in [-0.05, 0) is 6.42 Å². The van der Waals surface area contributed by atoms with E-state index in [-0.39, 0.29) is 13.0 Å². The van der Waals surface area contributed by atoms with Crippen molar-refractivity contribution in [3.05, 3.63) is 0 Å². The van der Waals surface area contributed by atoms with Gasteiger partial charge in [-0.2, -0.15) is 0 Å². The lowest BCUT2D eigenvalue weighted by atomic mass is 10.2. The predicted molar refractivity (Wildman–Crippen MR) is 60.8 cm³/mol. The maximum absolute atomic E-state index is 11.6. The summed E-state index contributed by atoms with van der Waals surface area (Å²) >= 11 is 0. The van der Waals surface area contributed by atoms with Gasteiger partial charge >= 0.3 is 12.0 Å². The van der Waals surface area contributed by atoms with E-state index in [1.54, 1.807) is 14.2 Å². The van der Waals surface area contributed by atoms with Gasteiger partial charge < -0.3 is 25.2 Å². The molecule has 0 radical (unpaired) electrons. The van der Waals surface area contributed by atoms with Crippen LogP contribution in [-0.2, 0) is 9.53 Å². The van der Waals surface area contributed by atoms with Gasteiger partial charge in [-0.25, -0.2) is 9.59 Å². The van der Waals surface area contributed by atoms with E-state index in [4.69, 9.17) is 14.9 Å². The van der Waals surface area contributed by atoms with Crippen molar-refractivity contribution in [3.63, 3.8) is 0 Å². The van der Waals surface area contributed by atoms with Gasteiger partial charge in [0.2, 0.25) is 0 Å². The summed E-state index contributed by atoms with van der Waals surface area (Å²) in [4.78, 5) is 23.7. The number of carboxylic acid groups (broad SMARTS) is 1. The Morgan fingerprint density at radius 1 is 1.47 bits per heavy atom. The van der Waals surface area contributed by atoms with E-state index < -0.39 is 18.0 Å². The second kappa shape index (κ2) is 8.77. The summed E-state index contributed by atoms with van der Waals surface area (Å²) in [6, 6.07) is -1.53. The molecule has 0 aliphatic heterocycles. The minimum atomic E-state index is -1.15. The number of aliphatic hydroxyl groups excluding tert-OH is 1. The summed E-state index contributed by atoms with van der Waals surface area (Å²) < 4.78 is 4.84. The Bertz CT molecular complexity index is 247. The summed E-state index contributed by atoms with van der Waals surface area (Å²) in [5.41, 5.74) is 0. The van der Waals surface area contributed by atoms with Crippen molar-refractivity contribution in [1.82, 2.24) is 10.2 Å². The van der Waals surface area contributed by atoms with Crippen LogP contribution in [0.3, 0.4) is 0 Å². The molecular formula is C10H20N2O5. The first-order valence-corrected chi connectivity index (χ1v) is 5.37. The number of ether oxygens (including phenoxy) is 1. The van der Waals surface area contributed by atoms with Crippen LogP contribution in [0.2, 0.25) is 0 Å². The molecule has 7 heteroatoms. The number of carbonyl (C=O) groups excluding carboxylic acids is 1. The number of aliphatic carboxylic acids is 1. The average Bonchev–Trinajstić information content (AvgIpc) is 2.28. The lowest BCUT2D eigenvalue weighted by Crippen LogP contribution is -2.47. The van der Waals surface area contributed by atoms with E-state index in [0.717, 1.165) is 0 Å². The number of urea groups is 1. The topological polar surface area (TPSA) is 99.1 Å². The fourth-order valence-corrected chi connectivity index (χ4v) is 1.19. The largest absolute Gasteiger partial charge is 0.480 e. The van der Waals surface area contributed by atoms with E-state index in [1.807, 2.05) is 0 Å². The van der Waals surface area contributed by atoms with Crippen molar-refractivity contribution < 1.29 is 24.5 Å². The lowest BCUT2D eigenvalue weighted by molar-refractivity contribution is -0.139. The number of methoxy groups -OCH3 is 1. The molecule has 0 aromatic carbocycles. The van der Waals surface area contributed by atoms with Gasteiger partial charge in [0.05, 0.1) is 0 Å². The average molecular weight is 248 g/mol. The highest BCUT2D eigenvalue weighted by Gasteiger charge is 2.20. The third-order valence-electron chi connectivity index (χ3n) is 2.20. The highest BCUT2D eigenvalue weighted by Crippen LogP contribution is 1.95. The van der Waals surface area contributed by atoms with Crippen LogP contribution in [0.5, 0.6) is 0 Å². The van der Waals surface area contributed by atoms with Crippen molar-refractivity contribution in [2.24, 2.45) is 0 Å². The van der Waals surface area contributed by atoms with E-state index in [9.17, 15) is 9.59 Å². The molecule has 100 valence electrons. The minimum absolute atomic E-state index is 0.00696. The summed E-state index contributed by atoms with van der Waals surface area (Å²) in [6.45, 7) is 0.729. The van der Waals surface area contributed by atoms with Crippen molar-refractivity contribution in [1.29, 1.82) is 0 Å². The SMILES string of the molecule is COCCCN(C)C(=O)NC(CCO)C(=O)O. The van der Waals surface area contributed by atoms with Crippen molar-refractivity contribution >= 4 is 12.0 Å². The zero-order chi connectivity index (χ0) is 13.3. The van der Waals surface area contributed by atoms with Crippen LogP contribution in [0.25, 0.3) is 0 Å². The van der Waals surface area contributed by atoms with E-state index in [0.29, 0.717) is 19.6 Å². The summed E-state index contributed by atoms with van der Waals surface area (Å²) in [5.74, 6) is -1.15. The first-order chi connectivity index (χ1) is 8.02. The number of carboxylic acids is 1. The second-order valence-electron chi connectivity index (χ2n) is 3.62. The third-order valence-corrected chi connectivity index (χ3v) is 2.20. The number of aliphatic hydroxyl groups is 1. The number of hydrogen-bond acceptors (Lipinski definition) is 4. The minimum Gasteiger partial charge on any atom is -0.480 e. The summed E-state index contributed by atoms with van der Waals surface area (Å²) in [5, 5.41) is 19.8. The Balaban J connectivity index is 4.06. The van der Waals surface area contributed by atoms with Crippen LogP contribution in [0, 0.1) is 0 Å². The third kappa shape index (κ3) is 6.75. The summed E-state index contributed by atoms with van der Waals surface area (Å²) in [7, 11) is 3.14. The van der Waals surface area contributed by atoms with Gasteiger partial charge in [-0.1, -0.05) is 0 Å². The van der Waals surface area contributed by atoms with Crippen LogP contribution >= 0.6 is 0 Å².